The fourth-order valence-electron chi connectivity index (χ4n) is 2.84. The van der Waals surface area contributed by atoms with Crippen molar-refractivity contribution in [2.75, 3.05) is 25.7 Å². The summed E-state index contributed by atoms with van der Waals surface area (Å²) in [5, 5.41) is 2.98. The third-order valence-electron chi connectivity index (χ3n) is 4.06. The molecule has 25 heavy (non-hydrogen) atoms. The Hall–Kier alpha value is -3.22. The number of primary amides is 1. The molecule has 7 nitrogen and oxygen atoms in total. The number of fused-ring (bicyclic) bond motifs is 1. The Morgan fingerprint density at radius 1 is 1.24 bits per heavy atom. The van der Waals surface area contributed by atoms with Gasteiger partial charge >= 0.3 is 0 Å². The number of carbonyl (C=O) groups excluding carboxylic acids is 2. The SMILES string of the molecule is COc1cc(C2NC(=O)c3ccccc3N2C)ccc1OCC(N)=O. The van der Waals surface area contributed by atoms with Crippen LogP contribution in [0, 0.1) is 0 Å². The lowest BCUT2D eigenvalue weighted by Gasteiger charge is -2.36. The monoisotopic (exact) mass is 341 g/mol. The third kappa shape index (κ3) is 3.21. The minimum atomic E-state index is -0.568. The Balaban J connectivity index is 1.92. The standard InChI is InChI=1S/C18H19N3O4/c1-21-13-6-4-3-5-12(13)18(23)20-17(21)11-7-8-14(15(9-11)24-2)25-10-16(19)22/h3-9,17H,10H2,1-2H3,(H2,19,22)(H,20,23). The van der Waals surface area contributed by atoms with E-state index < -0.39 is 5.91 Å². The summed E-state index contributed by atoms with van der Waals surface area (Å²) < 4.78 is 10.7. The van der Waals surface area contributed by atoms with Crippen molar-refractivity contribution in [2.45, 2.75) is 6.17 Å². The minimum absolute atomic E-state index is 0.133. The highest BCUT2D eigenvalue weighted by Crippen LogP contribution is 2.35. The summed E-state index contributed by atoms with van der Waals surface area (Å²) in [6.45, 7) is -0.233. The molecule has 1 atom stereocenters. The molecule has 130 valence electrons. The van der Waals surface area contributed by atoms with Gasteiger partial charge in [-0.15, -0.1) is 0 Å². The van der Waals surface area contributed by atoms with E-state index in [1.807, 2.05) is 36.2 Å². The van der Waals surface area contributed by atoms with Gasteiger partial charge in [0.25, 0.3) is 11.8 Å². The summed E-state index contributed by atoms with van der Waals surface area (Å²) in [5.74, 6) is 0.171. The number of hydrogen-bond acceptors (Lipinski definition) is 5. The van der Waals surface area contributed by atoms with Gasteiger partial charge in [-0.25, -0.2) is 0 Å². The Morgan fingerprint density at radius 2 is 2.00 bits per heavy atom. The summed E-state index contributed by atoms with van der Waals surface area (Å²) in [5.41, 5.74) is 7.41. The number of hydrogen-bond donors (Lipinski definition) is 2. The van der Waals surface area contributed by atoms with Crippen molar-refractivity contribution in [3.05, 3.63) is 53.6 Å². The van der Waals surface area contributed by atoms with Gasteiger partial charge in [0.15, 0.2) is 18.1 Å². The minimum Gasteiger partial charge on any atom is -0.493 e. The van der Waals surface area contributed by atoms with Crippen LogP contribution in [0.4, 0.5) is 5.69 Å². The second-order valence-corrected chi connectivity index (χ2v) is 5.67. The van der Waals surface area contributed by atoms with Crippen molar-refractivity contribution < 1.29 is 19.1 Å². The Morgan fingerprint density at radius 3 is 2.72 bits per heavy atom. The van der Waals surface area contributed by atoms with E-state index in [2.05, 4.69) is 5.32 Å². The fourth-order valence-corrected chi connectivity index (χ4v) is 2.84. The van der Waals surface area contributed by atoms with E-state index >= 15 is 0 Å². The molecule has 1 aliphatic rings. The van der Waals surface area contributed by atoms with Crippen LogP contribution in [0.15, 0.2) is 42.5 Å². The second kappa shape index (κ2) is 6.72. The van der Waals surface area contributed by atoms with Gasteiger partial charge in [-0.05, 0) is 29.8 Å². The van der Waals surface area contributed by atoms with E-state index in [4.69, 9.17) is 15.2 Å². The van der Waals surface area contributed by atoms with Crippen molar-refractivity contribution in [2.24, 2.45) is 5.73 Å². The van der Waals surface area contributed by atoms with Crippen LogP contribution in [0.25, 0.3) is 0 Å². The maximum Gasteiger partial charge on any atom is 0.255 e. The third-order valence-corrected chi connectivity index (χ3v) is 4.06. The number of nitrogens with one attached hydrogen (secondary N) is 1. The highest BCUT2D eigenvalue weighted by molar-refractivity contribution is 6.02. The van der Waals surface area contributed by atoms with Crippen LogP contribution < -0.4 is 25.4 Å². The summed E-state index contributed by atoms with van der Waals surface area (Å²) in [6.07, 6.45) is -0.346. The smallest absolute Gasteiger partial charge is 0.255 e. The Bertz CT molecular complexity index is 822. The van der Waals surface area contributed by atoms with Gasteiger partial charge < -0.3 is 25.4 Å². The number of benzene rings is 2. The van der Waals surface area contributed by atoms with E-state index in [0.717, 1.165) is 11.3 Å². The number of para-hydroxylation sites is 1. The zero-order valence-corrected chi connectivity index (χ0v) is 14.0. The summed E-state index contributed by atoms with van der Waals surface area (Å²) in [7, 11) is 3.42. The second-order valence-electron chi connectivity index (χ2n) is 5.67. The molecule has 0 spiro atoms. The zero-order chi connectivity index (χ0) is 18.0. The molecule has 0 fully saturated rings. The molecule has 2 aromatic carbocycles. The maximum absolute atomic E-state index is 12.4. The molecule has 3 rings (SSSR count). The van der Waals surface area contributed by atoms with Gasteiger partial charge in [0.05, 0.1) is 18.4 Å². The lowest BCUT2D eigenvalue weighted by Crippen LogP contribution is -2.44. The zero-order valence-electron chi connectivity index (χ0n) is 14.0. The molecule has 0 aromatic heterocycles. The topological polar surface area (TPSA) is 93.9 Å². The number of amides is 2. The predicted octanol–water partition coefficient (Wildman–Crippen LogP) is 1.44. The molecule has 0 saturated heterocycles. The molecule has 7 heteroatoms. The van der Waals surface area contributed by atoms with Gasteiger partial charge in [-0.3, -0.25) is 9.59 Å². The summed E-state index contributed by atoms with van der Waals surface area (Å²) in [4.78, 5) is 25.2. The molecular formula is C18H19N3O4. The number of methoxy groups -OCH3 is 1. The van der Waals surface area contributed by atoms with Gasteiger partial charge in [0.1, 0.15) is 6.17 Å². The van der Waals surface area contributed by atoms with Crippen LogP contribution in [0.5, 0.6) is 11.5 Å². The average molecular weight is 341 g/mol. The largest absolute Gasteiger partial charge is 0.493 e. The molecule has 2 amide bonds. The Labute approximate surface area is 145 Å². The first-order valence-electron chi connectivity index (χ1n) is 7.73. The first-order valence-corrected chi connectivity index (χ1v) is 7.73. The van der Waals surface area contributed by atoms with E-state index in [1.54, 1.807) is 18.2 Å². The Kier molecular flexibility index (Phi) is 4.47. The van der Waals surface area contributed by atoms with E-state index in [1.165, 1.54) is 7.11 Å². The fraction of sp³-hybridized carbons (Fsp3) is 0.222. The van der Waals surface area contributed by atoms with Gasteiger partial charge in [-0.2, -0.15) is 0 Å². The van der Waals surface area contributed by atoms with Crippen molar-refractivity contribution in [1.82, 2.24) is 5.32 Å². The van der Waals surface area contributed by atoms with Gasteiger partial charge in [-0.1, -0.05) is 18.2 Å². The maximum atomic E-state index is 12.4. The molecule has 1 aliphatic heterocycles. The van der Waals surface area contributed by atoms with E-state index in [-0.39, 0.29) is 18.7 Å². The molecule has 0 saturated carbocycles. The molecule has 2 aromatic rings. The van der Waals surface area contributed by atoms with Crippen molar-refractivity contribution in [1.29, 1.82) is 0 Å². The molecule has 0 aliphatic carbocycles. The van der Waals surface area contributed by atoms with Crippen molar-refractivity contribution >= 4 is 17.5 Å². The first kappa shape index (κ1) is 16.6. The van der Waals surface area contributed by atoms with E-state index in [0.29, 0.717) is 17.1 Å². The van der Waals surface area contributed by atoms with Crippen LogP contribution in [0.1, 0.15) is 22.1 Å². The number of nitrogens with two attached hydrogens (primary N) is 1. The lowest BCUT2D eigenvalue weighted by molar-refractivity contribution is -0.119. The van der Waals surface area contributed by atoms with Crippen LogP contribution in [0.2, 0.25) is 0 Å². The van der Waals surface area contributed by atoms with Gasteiger partial charge in [0.2, 0.25) is 0 Å². The van der Waals surface area contributed by atoms with Crippen LogP contribution >= 0.6 is 0 Å². The number of nitrogens with zero attached hydrogens (tertiary/aromatic N) is 1. The number of rotatable bonds is 5. The summed E-state index contributed by atoms with van der Waals surface area (Å²) >= 11 is 0. The summed E-state index contributed by atoms with van der Waals surface area (Å²) in [6, 6.07) is 12.7. The van der Waals surface area contributed by atoms with Crippen molar-refractivity contribution in [3.8, 4) is 11.5 Å². The molecule has 1 unspecified atom stereocenters. The first-order chi connectivity index (χ1) is 12.0. The number of carbonyl (C=O) groups is 2. The van der Waals surface area contributed by atoms with Crippen LogP contribution in [0.3, 0.4) is 0 Å². The van der Waals surface area contributed by atoms with E-state index in [9.17, 15) is 9.59 Å². The predicted molar refractivity (Wildman–Crippen MR) is 92.7 cm³/mol. The number of anilines is 1. The molecule has 3 N–H and O–H groups in total. The lowest BCUT2D eigenvalue weighted by atomic mass is 10.0. The average Bonchev–Trinajstić information content (AvgIpc) is 2.63. The highest BCUT2D eigenvalue weighted by Gasteiger charge is 2.29. The molecular weight excluding hydrogens is 322 g/mol. The van der Waals surface area contributed by atoms with Gasteiger partial charge in [0, 0.05) is 7.05 Å². The molecule has 0 bridgehead atoms. The number of ether oxygens (including phenoxy) is 2. The van der Waals surface area contributed by atoms with Crippen LogP contribution in [-0.4, -0.2) is 32.6 Å². The van der Waals surface area contributed by atoms with Crippen LogP contribution in [-0.2, 0) is 4.79 Å². The van der Waals surface area contributed by atoms with Crippen molar-refractivity contribution in [3.63, 3.8) is 0 Å². The quantitative estimate of drug-likeness (QED) is 0.858. The normalized spacial score (nSPS) is 16.0. The molecule has 1 heterocycles. The molecule has 0 radical (unpaired) electrons. The highest BCUT2D eigenvalue weighted by atomic mass is 16.5.